The quantitative estimate of drug-likeness (QED) is 0.239. The van der Waals surface area contributed by atoms with E-state index in [2.05, 4.69) is 0 Å². The van der Waals surface area contributed by atoms with Crippen LogP contribution in [0.4, 0.5) is 0 Å². The number of hydrogen-bond donors (Lipinski definition) is 4. The second kappa shape index (κ2) is 8.54. The van der Waals surface area contributed by atoms with Gasteiger partial charge in [-0.25, -0.2) is 0 Å². The van der Waals surface area contributed by atoms with E-state index in [-0.39, 0.29) is 28.5 Å². The maximum Gasteiger partial charge on any atom is 2.00 e. The van der Waals surface area contributed by atoms with Crippen LogP contribution in [0.25, 0.3) is 0 Å². The van der Waals surface area contributed by atoms with E-state index in [4.69, 9.17) is 38.5 Å². The average Bonchev–Trinajstić information content (AvgIpc) is 1.12. The van der Waals surface area contributed by atoms with Gasteiger partial charge in [-0.15, -0.1) is 0 Å². The molecule has 0 saturated heterocycles. The van der Waals surface area contributed by atoms with E-state index in [0.717, 1.165) is 0 Å². The van der Waals surface area contributed by atoms with Gasteiger partial charge in [0.25, 0.3) is 15.6 Å². The van der Waals surface area contributed by atoms with E-state index in [9.17, 15) is 0 Å². The van der Waals surface area contributed by atoms with Crippen molar-refractivity contribution in [1.82, 2.24) is 0 Å². The van der Waals surface area contributed by atoms with Crippen LogP contribution in [0.15, 0.2) is 0 Å². The Bertz CT molecular complexity index is 125. The molecule has 12 heavy (non-hydrogen) atoms. The zero-order chi connectivity index (χ0) is 9.00. The Hall–Kier alpha value is 0.946. The van der Waals surface area contributed by atoms with Crippen molar-refractivity contribution in [3.05, 3.63) is 0 Å². The first kappa shape index (κ1) is 23.1. The van der Waals surface area contributed by atoms with Crippen LogP contribution in [0.2, 0.25) is 0 Å². The van der Waals surface area contributed by atoms with Gasteiger partial charge < -0.3 is 34.8 Å². The van der Waals surface area contributed by atoms with E-state index < -0.39 is 15.6 Å². The minimum Gasteiger partial charge on any atom is -0.756 e. The molecule has 0 heterocycles. The van der Waals surface area contributed by atoms with Gasteiger partial charge in [-0.05, 0) is 0 Å². The first-order valence-corrected chi connectivity index (χ1v) is 4.59. The molecular formula is H6MgO9P2. The van der Waals surface area contributed by atoms with Crippen LogP contribution >= 0.6 is 15.6 Å². The van der Waals surface area contributed by atoms with Crippen LogP contribution in [-0.2, 0) is 9.13 Å². The Morgan fingerprint density at radius 2 is 0.833 bits per heavy atom. The molecule has 0 bridgehead atoms. The Morgan fingerprint density at radius 3 is 0.833 bits per heavy atom. The van der Waals surface area contributed by atoms with E-state index >= 15 is 0 Å². The third-order valence-electron chi connectivity index (χ3n) is 0. The minimum atomic E-state index is -4.89. The Balaban J connectivity index is -0.0000000457. The smallest absolute Gasteiger partial charge is 0.756 e. The normalized spacial score (nSPS) is 9.83. The molecule has 0 aromatic heterocycles. The SMILES string of the molecule is O.O=P([O-])(O)O.O=P([O-])(O)O.[Mg+2]. The predicted molar refractivity (Wildman–Crippen MR) is 33.5 cm³/mol. The molecule has 0 amide bonds. The molecule has 0 rings (SSSR count). The van der Waals surface area contributed by atoms with Crippen molar-refractivity contribution in [3.63, 3.8) is 0 Å². The van der Waals surface area contributed by atoms with Gasteiger partial charge in [-0.1, -0.05) is 0 Å². The van der Waals surface area contributed by atoms with Crippen LogP contribution in [-0.4, -0.2) is 48.1 Å². The van der Waals surface area contributed by atoms with Crippen LogP contribution in [0, 0.1) is 0 Å². The maximum absolute atomic E-state index is 8.77. The summed E-state index contributed by atoms with van der Waals surface area (Å²) in [6.45, 7) is 0. The molecule has 0 aliphatic heterocycles. The van der Waals surface area contributed by atoms with Crippen molar-refractivity contribution in [2.45, 2.75) is 0 Å². The molecule has 0 aromatic carbocycles. The topological polar surface area (TPSA) is 193 Å². The molecule has 12 heteroatoms. The van der Waals surface area contributed by atoms with Crippen LogP contribution in [0.1, 0.15) is 0 Å². The number of phosphoric acid groups is 2. The van der Waals surface area contributed by atoms with Crippen LogP contribution in [0.3, 0.4) is 0 Å². The van der Waals surface area contributed by atoms with Crippen molar-refractivity contribution < 1.29 is 44.0 Å². The zero-order valence-corrected chi connectivity index (χ0v) is 8.73. The molecule has 0 unspecified atom stereocenters. The predicted octanol–water partition coefficient (Wildman–Crippen LogP) is -4.33. The third kappa shape index (κ3) is 1210. The fraction of sp³-hybridized carbons (Fsp3) is 0. The van der Waals surface area contributed by atoms with Gasteiger partial charge in [0, 0.05) is 0 Å². The number of hydrogen-bond acceptors (Lipinski definition) is 4. The van der Waals surface area contributed by atoms with Crippen molar-refractivity contribution in [2.24, 2.45) is 0 Å². The van der Waals surface area contributed by atoms with Gasteiger partial charge in [0.15, 0.2) is 0 Å². The summed E-state index contributed by atoms with van der Waals surface area (Å²) in [4.78, 5) is 45.8. The summed E-state index contributed by atoms with van der Waals surface area (Å²) in [6, 6.07) is 0. The molecule has 0 aromatic rings. The summed E-state index contributed by atoms with van der Waals surface area (Å²) in [7, 11) is -9.78. The first-order valence-electron chi connectivity index (χ1n) is 1.53. The summed E-state index contributed by atoms with van der Waals surface area (Å²) in [5.41, 5.74) is 0. The van der Waals surface area contributed by atoms with Gasteiger partial charge in [0.2, 0.25) is 0 Å². The van der Waals surface area contributed by atoms with Crippen LogP contribution in [0.5, 0.6) is 0 Å². The van der Waals surface area contributed by atoms with Crippen molar-refractivity contribution >= 4 is 38.7 Å². The van der Waals surface area contributed by atoms with Crippen LogP contribution < -0.4 is 9.79 Å². The molecule has 72 valence electrons. The first-order chi connectivity index (χ1) is 4.00. The van der Waals surface area contributed by atoms with Gasteiger partial charge in [-0.2, -0.15) is 0 Å². The standard InChI is InChI=1S/Mg.2H3O4P.H2O/c;2*1-5(2,3)4;/h;2*(H3,1,2,3,4);1H2/q+2;;;/p-2. The molecule has 0 aliphatic carbocycles. The summed E-state index contributed by atoms with van der Waals surface area (Å²) in [5.74, 6) is 0. The van der Waals surface area contributed by atoms with E-state index in [1.54, 1.807) is 0 Å². The third-order valence-corrected chi connectivity index (χ3v) is 0. The number of rotatable bonds is 0. The Labute approximate surface area is 83.0 Å². The van der Waals surface area contributed by atoms with Crippen molar-refractivity contribution in [2.75, 3.05) is 0 Å². The second-order valence-electron chi connectivity index (χ2n) is 0.981. The molecule has 0 saturated carbocycles. The molecular weight excluding hydrogens is 230 g/mol. The summed E-state index contributed by atoms with van der Waals surface area (Å²) >= 11 is 0. The molecule has 6 N–H and O–H groups in total. The molecule has 0 spiro atoms. The van der Waals surface area contributed by atoms with Gasteiger partial charge in [-0.3, -0.25) is 9.13 Å². The van der Waals surface area contributed by atoms with E-state index in [0.29, 0.717) is 0 Å². The fourth-order valence-corrected chi connectivity index (χ4v) is 0. The van der Waals surface area contributed by atoms with E-state index in [1.807, 2.05) is 0 Å². The Kier molecular flexibility index (Phi) is 16.4. The largest absolute Gasteiger partial charge is 2.00 e. The molecule has 0 aliphatic rings. The summed E-state index contributed by atoms with van der Waals surface area (Å²) in [5, 5.41) is 0. The minimum absolute atomic E-state index is 0. The van der Waals surface area contributed by atoms with Crippen molar-refractivity contribution in [3.8, 4) is 0 Å². The summed E-state index contributed by atoms with van der Waals surface area (Å²) in [6.07, 6.45) is 0. The van der Waals surface area contributed by atoms with Crippen molar-refractivity contribution in [1.29, 1.82) is 0 Å². The molecule has 9 nitrogen and oxygen atoms in total. The molecule has 0 atom stereocenters. The van der Waals surface area contributed by atoms with Gasteiger partial charge in [0.1, 0.15) is 0 Å². The monoisotopic (exact) mass is 236 g/mol. The Morgan fingerprint density at radius 1 is 0.833 bits per heavy atom. The zero-order valence-electron chi connectivity index (χ0n) is 5.52. The van der Waals surface area contributed by atoms with Gasteiger partial charge in [0.05, 0.1) is 0 Å². The molecule has 0 fully saturated rings. The fourth-order valence-electron chi connectivity index (χ4n) is 0. The molecule has 0 radical (unpaired) electrons. The van der Waals surface area contributed by atoms with E-state index in [1.165, 1.54) is 0 Å². The average molecular weight is 236 g/mol. The van der Waals surface area contributed by atoms with Gasteiger partial charge >= 0.3 is 23.1 Å². The summed E-state index contributed by atoms with van der Waals surface area (Å²) < 4.78 is 17.5. The second-order valence-corrected chi connectivity index (χ2v) is 2.94. The maximum atomic E-state index is 8.77.